The number of benzene rings is 2. The molecule has 1 amide bonds. The molecule has 0 atom stereocenters. The van der Waals surface area contributed by atoms with Crippen LogP contribution in [-0.2, 0) is 0 Å². The highest BCUT2D eigenvalue weighted by Gasteiger charge is 2.20. The third-order valence-corrected chi connectivity index (χ3v) is 4.13. The van der Waals surface area contributed by atoms with Crippen LogP contribution in [-0.4, -0.2) is 30.6 Å². The van der Waals surface area contributed by atoms with Crippen molar-refractivity contribution in [2.24, 2.45) is 0 Å². The zero-order valence-electron chi connectivity index (χ0n) is 16.3. The van der Waals surface area contributed by atoms with E-state index in [1.54, 1.807) is 20.3 Å². The molecule has 0 radical (unpaired) electrons. The molecule has 5 nitrogen and oxygen atoms in total. The van der Waals surface area contributed by atoms with E-state index in [4.69, 9.17) is 14.5 Å². The smallest absolute Gasteiger partial charge is 0.252 e. The number of carbonyl (C=O) groups excluding carboxylic acids is 1. The van der Waals surface area contributed by atoms with E-state index >= 15 is 0 Å². The van der Waals surface area contributed by atoms with Crippen molar-refractivity contribution in [1.29, 1.82) is 0 Å². The molecule has 0 fully saturated rings. The van der Waals surface area contributed by atoms with Crippen LogP contribution in [0.1, 0.15) is 31.1 Å². The topological polar surface area (TPSA) is 60.5 Å². The number of methoxy groups -OCH3 is 2. The molecule has 0 aliphatic carbocycles. The Balaban J connectivity index is 2.20. The van der Waals surface area contributed by atoms with E-state index in [-0.39, 0.29) is 11.4 Å². The lowest BCUT2D eigenvalue weighted by Crippen LogP contribution is -2.40. The second kappa shape index (κ2) is 7.27. The number of hydrogen-bond acceptors (Lipinski definition) is 4. The summed E-state index contributed by atoms with van der Waals surface area (Å²) in [5.41, 5.74) is 2.48. The fraction of sp³-hybridized carbons (Fsp3) is 0.273. The highest BCUT2D eigenvalue weighted by molar-refractivity contribution is 6.07. The Morgan fingerprint density at radius 3 is 2.41 bits per heavy atom. The van der Waals surface area contributed by atoms with Gasteiger partial charge in [-0.3, -0.25) is 4.79 Å². The molecule has 0 spiro atoms. The van der Waals surface area contributed by atoms with Gasteiger partial charge in [-0.05, 0) is 45.0 Å². The Hall–Kier alpha value is -3.08. The predicted octanol–water partition coefficient (Wildman–Crippen LogP) is 4.45. The van der Waals surface area contributed by atoms with Gasteiger partial charge in [-0.1, -0.05) is 18.2 Å². The SMILES string of the molecule is COc1ccc(-c2cc(C(=O)NC(C)(C)C)c3ccccc3n2)c(OC)c1. The van der Waals surface area contributed by atoms with Crippen LogP contribution in [0.5, 0.6) is 11.5 Å². The number of pyridine rings is 1. The molecule has 1 aromatic heterocycles. The Morgan fingerprint density at radius 2 is 1.74 bits per heavy atom. The lowest BCUT2D eigenvalue weighted by molar-refractivity contribution is 0.0921. The van der Waals surface area contributed by atoms with Gasteiger partial charge in [0, 0.05) is 22.6 Å². The first kappa shape index (κ1) is 18.7. The maximum atomic E-state index is 12.9. The van der Waals surface area contributed by atoms with Crippen molar-refractivity contribution in [3.8, 4) is 22.8 Å². The largest absolute Gasteiger partial charge is 0.497 e. The molecule has 27 heavy (non-hydrogen) atoms. The van der Waals surface area contributed by atoms with Crippen molar-refractivity contribution in [2.75, 3.05) is 14.2 Å². The second-order valence-corrected chi connectivity index (χ2v) is 7.34. The van der Waals surface area contributed by atoms with Crippen LogP contribution < -0.4 is 14.8 Å². The van der Waals surface area contributed by atoms with Gasteiger partial charge in [0.05, 0.1) is 31.0 Å². The van der Waals surface area contributed by atoms with Crippen molar-refractivity contribution in [3.63, 3.8) is 0 Å². The summed E-state index contributed by atoms with van der Waals surface area (Å²) in [6, 6.07) is 15.0. The molecule has 0 unspecified atom stereocenters. The van der Waals surface area contributed by atoms with Crippen molar-refractivity contribution in [1.82, 2.24) is 10.3 Å². The number of carbonyl (C=O) groups is 1. The van der Waals surface area contributed by atoms with Crippen LogP contribution in [0.3, 0.4) is 0 Å². The van der Waals surface area contributed by atoms with Gasteiger partial charge in [-0.2, -0.15) is 0 Å². The maximum absolute atomic E-state index is 12.9. The van der Waals surface area contributed by atoms with Gasteiger partial charge < -0.3 is 14.8 Å². The molecule has 0 bridgehead atoms. The highest BCUT2D eigenvalue weighted by Crippen LogP contribution is 2.34. The molecule has 0 aliphatic heterocycles. The minimum absolute atomic E-state index is 0.130. The number of aromatic nitrogens is 1. The van der Waals surface area contributed by atoms with Crippen molar-refractivity contribution < 1.29 is 14.3 Å². The summed E-state index contributed by atoms with van der Waals surface area (Å²) in [5, 5.41) is 3.85. The fourth-order valence-electron chi connectivity index (χ4n) is 2.92. The predicted molar refractivity (Wildman–Crippen MR) is 108 cm³/mol. The summed E-state index contributed by atoms with van der Waals surface area (Å²) < 4.78 is 10.8. The second-order valence-electron chi connectivity index (χ2n) is 7.34. The van der Waals surface area contributed by atoms with E-state index in [1.165, 1.54) is 0 Å². The van der Waals surface area contributed by atoms with E-state index in [9.17, 15) is 4.79 Å². The molecule has 1 heterocycles. The summed E-state index contributed by atoms with van der Waals surface area (Å²) >= 11 is 0. The number of nitrogens with one attached hydrogen (secondary N) is 1. The van der Waals surface area contributed by atoms with Gasteiger partial charge in [0.15, 0.2) is 0 Å². The summed E-state index contributed by atoms with van der Waals surface area (Å²) in [6.07, 6.45) is 0. The molecule has 0 saturated carbocycles. The van der Waals surface area contributed by atoms with Gasteiger partial charge in [-0.25, -0.2) is 4.98 Å². The molecule has 0 aliphatic rings. The van der Waals surface area contributed by atoms with Crippen molar-refractivity contribution >= 4 is 16.8 Å². The van der Waals surface area contributed by atoms with Gasteiger partial charge in [0.1, 0.15) is 11.5 Å². The zero-order chi connectivity index (χ0) is 19.6. The van der Waals surface area contributed by atoms with E-state index in [0.29, 0.717) is 22.8 Å². The fourth-order valence-corrected chi connectivity index (χ4v) is 2.92. The third-order valence-electron chi connectivity index (χ3n) is 4.13. The number of hydrogen-bond donors (Lipinski definition) is 1. The summed E-state index contributed by atoms with van der Waals surface area (Å²) in [6.45, 7) is 5.88. The third kappa shape index (κ3) is 4.03. The summed E-state index contributed by atoms with van der Waals surface area (Å²) in [4.78, 5) is 17.7. The number of rotatable bonds is 4. The number of amides is 1. The van der Waals surface area contributed by atoms with Gasteiger partial charge in [0.25, 0.3) is 5.91 Å². The standard InChI is InChI=1S/C22H24N2O3/c1-22(2,3)24-21(25)17-13-19(23-18-9-7-6-8-15(17)18)16-11-10-14(26-4)12-20(16)27-5/h6-13H,1-5H3,(H,24,25). The average molecular weight is 364 g/mol. The number of para-hydroxylation sites is 1. The van der Waals surface area contributed by atoms with E-state index in [0.717, 1.165) is 16.5 Å². The summed E-state index contributed by atoms with van der Waals surface area (Å²) in [5.74, 6) is 1.20. The normalized spacial score (nSPS) is 11.3. The summed E-state index contributed by atoms with van der Waals surface area (Å²) in [7, 11) is 3.21. The van der Waals surface area contributed by atoms with Gasteiger partial charge >= 0.3 is 0 Å². The molecule has 140 valence electrons. The van der Waals surface area contributed by atoms with Crippen molar-refractivity contribution in [3.05, 3.63) is 54.1 Å². The minimum Gasteiger partial charge on any atom is -0.497 e. The lowest BCUT2D eigenvalue weighted by atomic mass is 10.0. The number of ether oxygens (including phenoxy) is 2. The monoisotopic (exact) mass is 364 g/mol. The van der Waals surface area contributed by atoms with Gasteiger partial charge in [0.2, 0.25) is 0 Å². The van der Waals surface area contributed by atoms with Crippen LogP contribution in [0, 0.1) is 0 Å². The Labute approximate surface area is 159 Å². The first-order chi connectivity index (χ1) is 12.8. The highest BCUT2D eigenvalue weighted by atomic mass is 16.5. The number of nitrogens with zero attached hydrogens (tertiary/aromatic N) is 1. The van der Waals surface area contributed by atoms with Crippen molar-refractivity contribution in [2.45, 2.75) is 26.3 Å². The van der Waals surface area contributed by atoms with E-state index in [2.05, 4.69) is 5.32 Å². The maximum Gasteiger partial charge on any atom is 0.252 e. The molecule has 1 N–H and O–H groups in total. The van der Waals surface area contributed by atoms with Crippen LogP contribution in [0.2, 0.25) is 0 Å². The first-order valence-electron chi connectivity index (χ1n) is 8.77. The molecule has 3 rings (SSSR count). The number of fused-ring (bicyclic) bond motifs is 1. The molecule has 2 aromatic carbocycles. The molecule has 0 saturated heterocycles. The molecule has 3 aromatic rings. The quantitative estimate of drug-likeness (QED) is 0.743. The Morgan fingerprint density at radius 1 is 1.00 bits per heavy atom. The average Bonchev–Trinajstić information content (AvgIpc) is 2.65. The van der Waals surface area contributed by atoms with Crippen LogP contribution in [0.4, 0.5) is 0 Å². The molecular formula is C22H24N2O3. The first-order valence-corrected chi connectivity index (χ1v) is 8.77. The van der Waals surface area contributed by atoms with Crippen LogP contribution >= 0.6 is 0 Å². The van der Waals surface area contributed by atoms with E-state index in [1.807, 2.05) is 63.2 Å². The van der Waals surface area contributed by atoms with Gasteiger partial charge in [-0.15, -0.1) is 0 Å². The Bertz CT molecular complexity index is 991. The Kier molecular flexibility index (Phi) is 5.04. The molecular weight excluding hydrogens is 340 g/mol. The lowest BCUT2D eigenvalue weighted by Gasteiger charge is -2.21. The molecule has 5 heteroatoms. The van der Waals surface area contributed by atoms with Crippen LogP contribution in [0.25, 0.3) is 22.2 Å². The zero-order valence-corrected chi connectivity index (χ0v) is 16.3. The van der Waals surface area contributed by atoms with Crippen LogP contribution in [0.15, 0.2) is 48.5 Å². The minimum atomic E-state index is -0.334. The van der Waals surface area contributed by atoms with E-state index < -0.39 is 0 Å².